The van der Waals surface area contributed by atoms with E-state index in [0.29, 0.717) is 0 Å². The molecule has 0 saturated carbocycles. The second kappa shape index (κ2) is 13.5. The summed E-state index contributed by atoms with van der Waals surface area (Å²) in [7, 11) is 3.08. The Balaban J connectivity index is 3.30. The van der Waals surface area contributed by atoms with Crippen molar-refractivity contribution in [1.82, 2.24) is 15.5 Å². The number of esters is 2. The average molecular weight is 586 g/mol. The average Bonchev–Trinajstić information content (AvgIpc) is 2.83. The molecule has 3 atom stereocenters. The van der Waals surface area contributed by atoms with Crippen molar-refractivity contribution < 1.29 is 42.2 Å². The number of hydrogen-bond acceptors (Lipinski definition) is 7. The van der Waals surface area contributed by atoms with E-state index in [4.69, 9.17) is 0 Å². The summed E-state index contributed by atoms with van der Waals surface area (Å²) in [5.74, 6) is -5.28. The van der Waals surface area contributed by atoms with E-state index < -0.39 is 58.9 Å². The summed E-state index contributed by atoms with van der Waals surface area (Å²) in [6.45, 7) is 13.7. The first-order valence-corrected chi connectivity index (χ1v) is 13.1. The van der Waals surface area contributed by atoms with Gasteiger partial charge in [-0.25, -0.2) is 9.59 Å². The molecule has 1 aromatic carbocycles. The fourth-order valence-corrected chi connectivity index (χ4v) is 4.40. The van der Waals surface area contributed by atoms with Gasteiger partial charge < -0.3 is 25.4 Å². The molecule has 0 saturated heterocycles. The molecule has 0 radical (unpaired) electrons. The van der Waals surface area contributed by atoms with Gasteiger partial charge in [0.15, 0.2) is 0 Å². The predicted octanol–water partition coefficient (Wildman–Crippen LogP) is 3.85. The van der Waals surface area contributed by atoms with E-state index in [-0.39, 0.29) is 17.2 Å². The van der Waals surface area contributed by atoms with Crippen LogP contribution in [0.25, 0.3) is 0 Å². The number of phenols is 1. The van der Waals surface area contributed by atoms with E-state index in [1.54, 1.807) is 53.8 Å². The lowest BCUT2D eigenvalue weighted by Gasteiger charge is -2.40. The summed E-state index contributed by atoms with van der Waals surface area (Å²) in [4.78, 5) is 51.9. The Morgan fingerprint density at radius 2 is 1.49 bits per heavy atom. The van der Waals surface area contributed by atoms with Gasteiger partial charge in [-0.05, 0) is 43.0 Å². The zero-order valence-electron chi connectivity index (χ0n) is 25.3. The van der Waals surface area contributed by atoms with Gasteiger partial charge in [0.1, 0.15) is 11.8 Å². The monoisotopic (exact) mass is 585 g/mol. The molecule has 1 unspecified atom stereocenters. The van der Waals surface area contributed by atoms with Gasteiger partial charge in [0.25, 0.3) is 0 Å². The van der Waals surface area contributed by atoms with E-state index in [9.17, 15) is 37.5 Å². The van der Waals surface area contributed by atoms with Crippen molar-refractivity contribution in [3.63, 3.8) is 0 Å². The van der Waals surface area contributed by atoms with Crippen molar-refractivity contribution in [3.05, 3.63) is 41.5 Å². The number of rotatable bonds is 10. The van der Waals surface area contributed by atoms with Crippen molar-refractivity contribution in [2.75, 3.05) is 14.1 Å². The largest absolute Gasteiger partial charge is 0.508 e. The van der Waals surface area contributed by atoms with Crippen LogP contribution in [0.5, 0.6) is 5.75 Å². The number of ether oxygens (including phenoxy) is 1. The highest BCUT2D eigenvalue weighted by Gasteiger charge is 2.43. The summed E-state index contributed by atoms with van der Waals surface area (Å²) < 4.78 is 41.5. The Labute approximate surface area is 239 Å². The third kappa shape index (κ3) is 9.31. The molecule has 0 fully saturated rings. The van der Waals surface area contributed by atoms with Crippen LogP contribution >= 0.6 is 0 Å². The van der Waals surface area contributed by atoms with Crippen LogP contribution < -0.4 is 10.6 Å². The molecule has 230 valence electrons. The molecule has 0 heterocycles. The minimum atomic E-state index is -5.33. The van der Waals surface area contributed by atoms with Gasteiger partial charge in [0.05, 0.1) is 12.1 Å². The molecule has 3 N–H and O–H groups in total. The lowest BCUT2D eigenvalue weighted by Crippen LogP contribution is -2.61. The molecular weight excluding hydrogens is 543 g/mol. The number of likely N-dealkylation sites (N-methyl/N-ethyl adjacent to an activating group) is 2. The Morgan fingerprint density at radius 1 is 0.976 bits per heavy atom. The van der Waals surface area contributed by atoms with Crippen LogP contribution in [-0.4, -0.2) is 72.2 Å². The number of hydrogen-bond donors (Lipinski definition) is 3. The van der Waals surface area contributed by atoms with Crippen molar-refractivity contribution in [3.8, 4) is 5.75 Å². The first-order valence-electron chi connectivity index (χ1n) is 13.1. The zero-order valence-corrected chi connectivity index (χ0v) is 25.3. The number of carbonyl (C=O) groups excluding carboxylic acids is 4. The summed E-state index contributed by atoms with van der Waals surface area (Å²) >= 11 is 0. The lowest BCUT2D eigenvalue weighted by molar-refractivity contribution is -0.200. The van der Waals surface area contributed by atoms with Gasteiger partial charge in [-0.2, -0.15) is 13.2 Å². The standard InChI is InChI=1S/C29H42F3N3O6/c1-16(2)20(15-17(3)25(39)41-26(40)29(30,31)32)35(10)24(38)22(27(4,5)6)34-23(37)21(33-9)28(7,8)18-11-13-19(36)14-12-18/h11-16,20-22,33,36H,1-10H3,(H,34,37)/b17-15+/t20-,21?,22-/m1/s1. The number of alkyl halides is 3. The van der Waals surface area contributed by atoms with Crippen molar-refractivity contribution in [2.24, 2.45) is 11.3 Å². The van der Waals surface area contributed by atoms with Crippen LogP contribution in [0.4, 0.5) is 13.2 Å². The molecule has 2 amide bonds. The number of aromatic hydroxyl groups is 1. The molecule has 0 aliphatic carbocycles. The maximum Gasteiger partial charge on any atom is 0.491 e. The van der Waals surface area contributed by atoms with Gasteiger partial charge in [0.2, 0.25) is 11.8 Å². The molecule has 1 aromatic rings. The normalized spacial score (nSPS) is 15.1. The number of halogens is 3. The van der Waals surface area contributed by atoms with E-state index in [2.05, 4.69) is 15.4 Å². The number of benzene rings is 1. The number of carbonyl (C=O) groups is 4. The highest BCUT2D eigenvalue weighted by atomic mass is 19.4. The second-order valence-electron chi connectivity index (χ2n) is 12.0. The summed E-state index contributed by atoms with van der Waals surface area (Å²) in [6, 6.07) is 3.87. The maximum absolute atomic E-state index is 13.8. The second-order valence-corrected chi connectivity index (χ2v) is 12.0. The molecule has 1 rings (SSSR count). The van der Waals surface area contributed by atoms with Crippen molar-refractivity contribution in [2.45, 2.75) is 85.1 Å². The first-order chi connectivity index (χ1) is 18.5. The third-order valence-corrected chi connectivity index (χ3v) is 6.92. The molecular formula is C29H42F3N3O6. The Bertz CT molecular complexity index is 1140. The molecule has 0 aromatic heterocycles. The fraction of sp³-hybridized carbons (Fsp3) is 0.586. The van der Waals surface area contributed by atoms with Gasteiger partial charge in [-0.3, -0.25) is 9.59 Å². The Hall–Kier alpha value is -3.41. The van der Waals surface area contributed by atoms with Gasteiger partial charge >= 0.3 is 18.1 Å². The lowest BCUT2D eigenvalue weighted by atomic mass is 9.76. The fourth-order valence-electron chi connectivity index (χ4n) is 4.40. The van der Waals surface area contributed by atoms with E-state index in [1.165, 1.54) is 37.1 Å². The molecule has 9 nitrogen and oxygen atoms in total. The van der Waals surface area contributed by atoms with E-state index >= 15 is 0 Å². The number of nitrogens with zero attached hydrogens (tertiary/aromatic N) is 1. The summed E-state index contributed by atoms with van der Waals surface area (Å²) in [6.07, 6.45) is -4.07. The summed E-state index contributed by atoms with van der Waals surface area (Å²) in [5, 5.41) is 15.5. The highest BCUT2D eigenvalue weighted by molar-refractivity contribution is 5.97. The van der Waals surface area contributed by atoms with Crippen LogP contribution in [0, 0.1) is 11.3 Å². The first kappa shape index (κ1) is 35.6. The van der Waals surface area contributed by atoms with Crippen LogP contribution in [0.1, 0.15) is 61.0 Å². The quantitative estimate of drug-likeness (QED) is 0.216. The van der Waals surface area contributed by atoms with Crippen LogP contribution in [0.15, 0.2) is 35.9 Å². The van der Waals surface area contributed by atoms with E-state index in [1.807, 2.05) is 13.8 Å². The predicted molar refractivity (Wildman–Crippen MR) is 148 cm³/mol. The van der Waals surface area contributed by atoms with Crippen LogP contribution in [0.2, 0.25) is 0 Å². The Kier molecular flexibility index (Phi) is 11.7. The molecule has 0 bridgehead atoms. The van der Waals surface area contributed by atoms with Crippen molar-refractivity contribution in [1.29, 1.82) is 0 Å². The SMILES string of the molecule is CNC(C(=O)N[C@H](C(=O)N(C)[C@H](/C=C(\C)C(=O)OC(=O)C(F)(F)F)C(C)C)C(C)(C)C)C(C)(C)c1ccc(O)cc1. The maximum atomic E-state index is 13.8. The number of phenolic OH excluding ortho intramolecular Hbond substituents is 1. The molecule has 0 spiro atoms. The van der Waals surface area contributed by atoms with Gasteiger partial charge in [-0.1, -0.05) is 66.7 Å². The smallest absolute Gasteiger partial charge is 0.491 e. The van der Waals surface area contributed by atoms with E-state index in [0.717, 1.165) is 5.56 Å². The molecule has 0 aliphatic rings. The minimum Gasteiger partial charge on any atom is -0.508 e. The highest BCUT2D eigenvalue weighted by Crippen LogP contribution is 2.30. The van der Waals surface area contributed by atoms with Crippen molar-refractivity contribution >= 4 is 23.8 Å². The van der Waals surface area contributed by atoms with Crippen LogP contribution in [-0.2, 0) is 29.3 Å². The topological polar surface area (TPSA) is 125 Å². The van der Waals surface area contributed by atoms with Gasteiger partial charge in [-0.15, -0.1) is 0 Å². The molecule has 0 aliphatic heterocycles. The minimum absolute atomic E-state index is 0.0839. The van der Waals surface area contributed by atoms with Gasteiger partial charge in [0, 0.05) is 18.0 Å². The zero-order chi connectivity index (χ0) is 32.1. The molecule has 41 heavy (non-hydrogen) atoms. The summed E-state index contributed by atoms with van der Waals surface area (Å²) in [5.41, 5.74) is -1.03. The molecule has 12 heteroatoms. The third-order valence-electron chi connectivity index (χ3n) is 6.92. The van der Waals surface area contributed by atoms with Crippen LogP contribution in [0.3, 0.4) is 0 Å². The Morgan fingerprint density at radius 3 is 1.90 bits per heavy atom. The number of amides is 2. The number of nitrogens with one attached hydrogen (secondary N) is 2.